The van der Waals surface area contributed by atoms with Crippen LogP contribution < -0.4 is 25.4 Å². The van der Waals surface area contributed by atoms with Crippen molar-refractivity contribution in [1.82, 2.24) is 5.32 Å². The average Bonchev–Trinajstić information content (AvgIpc) is 3.09. The smallest absolute Gasteiger partial charge is 0.227 e. The molecule has 0 aliphatic carbocycles. The average molecular weight is 669 g/mol. The molecule has 5 aromatic carbocycles. The number of carbonyl (C=O) groups excluding carboxylic acids is 2. The molecule has 2 amide bonds. The number of carbonyl (C=O) groups is 2. The Bertz CT molecular complexity index is 1800. The monoisotopic (exact) mass is 667 g/mol. The van der Waals surface area contributed by atoms with E-state index in [0.29, 0.717) is 52.5 Å². The maximum atomic E-state index is 13.9. The van der Waals surface area contributed by atoms with Gasteiger partial charge in [-0.25, -0.2) is 0 Å². The van der Waals surface area contributed by atoms with Gasteiger partial charge in [-0.05, 0) is 83.8 Å². The van der Waals surface area contributed by atoms with Crippen LogP contribution in [0.4, 0.5) is 5.69 Å². The standard InChI is InChI=1S/C38H35Cl2N3O4/c39-30-16-15-29(34(40)24-30)21-22-42-37(44)19-20-38(45)43(26-27-13-17-32(18-14-27)46-31-8-2-1-3-9-31)35-11-4-5-12-36(35)47-33-10-6-7-28(23-33)25-41/h1-18,23-24H,19-22,25-26,41H2,(H,42,44). The fraction of sp³-hybridized carbons (Fsp3) is 0.158. The number of nitrogens with zero attached hydrogens (tertiary/aromatic N) is 1. The molecule has 0 fully saturated rings. The molecule has 47 heavy (non-hydrogen) atoms. The molecule has 0 atom stereocenters. The van der Waals surface area contributed by atoms with Gasteiger partial charge in [0.05, 0.1) is 12.2 Å². The highest BCUT2D eigenvalue weighted by molar-refractivity contribution is 6.35. The van der Waals surface area contributed by atoms with Gasteiger partial charge in [0.15, 0.2) is 5.75 Å². The Morgan fingerprint density at radius 2 is 1.43 bits per heavy atom. The predicted molar refractivity (Wildman–Crippen MR) is 187 cm³/mol. The van der Waals surface area contributed by atoms with Gasteiger partial charge in [0, 0.05) is 36.0 Å². The lowest BCUT2D eigenvalue weighted by Gasteiger charge is -2.25. The van der Waals surface area contributed by atoms with Gasteiger partial charge < -0.3 is 25.4 Å². The second kappa shape index (κ2) is 16.7. The normalized spacial score (nSPS) is 10.7. The molecule has 7 nitrogen and oxygen atoms in total. The summed E-state index contributed by atoms with van der Waals surface area (Å²) in [7, 11) is 0. The molecule has 5 rings (SSSR count). The molecule has 240 valence electrons. The molecule has 0 aliphatic rings. The first-order valence-corrected chi connectivity index (χ1v) is 16.0. The first-order chi connectivity index (χ1) is 22.9. The van der Waals surface area contributed by atoms with Crippen LogP contribution in [0.2, 0.25) is 10.0 Å². The number of anilines is 1. The van der Waals surface area contributed by atoms with E-state index in [1.807, 2.05) is 109 Å². The number of nitrogens with two attached hydrogens (primary N) is 1. The van der Waals surface area contributed by atoms with E-state index in [9.17, 15) is 9.59 Å². The Labute approximate surface area is 284 Å². The van der Waals surface area contributed by atoms with Gasteiger partial charge in [-0.15, -0.1) is 0 Å². The highest BCUT2D eigenvalue weighted by Gasteiger charge is 2.21. The zero-order valence-corrected chi connectivity index (χ0v) is 27.2. The van der Waals surface area contributed by atoms with Crippen LogP contribution in [0.25, 0.3) is 0 Å². The Kier molecular flexibility index (Phi) is 11.9. The number of rotatable bonds is 14. The van der Waals surface area contributed by atoms with Gasteiger partial charge in [0.2, 0.25) is 11.8 Å². The molecule has 0 aliphatic heterocycles. The second-order valence-electron chi connectivity index (χ2n) is 10.8. The molecule has 5 aromatic rings. The van der Waals surface area contributed by atoms with Crippen molar-refractivity contribution in [3.05, 3.63) is 148 Å². The molecule has 0 radical (unpaired) electrons. The summed E-state index contributed by atoms with van der Waals surface area (Å²) in [6, 6.07) is 37.2. The van der Waals surface area contributed by atoms with Gasteiger partial charge in [0.25, 0.3) is 0 Å². The minimum atomic E-state index is -0.228. The third-order valence-corrected chi connectivity index (χ3v) is 7.95. The summed E-state index contributed by atoms with van der Waals surface area (Å²) in [4.78, 5) is 28.3. The number of amides is 2. The van der Waals surface area contributed by atoms with Crippen LogP contribution >= 0.6 is 23.2 Å². The van der Waals surface area contributed by atoms with Crippen molar-refractivity contribution in [3.63, 3.8) is 0 Å². The van der Waals surface area contributed by atoms with E-state index in [1.54, 1.807) is 17.0 Å². The second-order valence-corrected chi connectivity index (χ2v) is 11.6. The molecular weight excluding hydrogens is 633 g/mol. The quantitative estimate of drug-likeness (QED) is 0.124. The third-order valence-electron chi connectivity index (χ3n) is 7.36. The molecular formula is C38H35Cl2N3O4. The van der Waals surface area contributed by atoms with Crippen LogP contribution in [0.15, 0.2) is 121 Å². The molecule has 0 heterocycles. The first-order valence-electron chi connectivity index (χ1n) is 15.3. The van der Waals surface area contributed by atoms with E-state index in [0.717, 1.165) is 22.4 Å². The number of hydrogen-bond acceptors (Lipinski definition) is 5. The Balaban J connectivity index is 1.30. The van der Waals surface area contributed by atoms with Crippen LogP contribution in [0, 0.1) is 0 Å². The fourth-order valence-electron chi connectivity index (χ4n) is 4.91. The Hall–Kier alpha value is -4.82. The van der Waals surface area contributed by atoms with Crippen LogP contribution in [0.5, 0.6) is 23.0 Å². The van der Waals surface area contributed by atoms with Crippen molar-refractivity contribution >= 4 is 40.7 Å². The lowest BCUT2D eigenvalue weighted by atomic mass is 10.1. The number of para-hydroxylation sites is 3. The number of nitrogens with one attached hydrogen (secondary N) is 1. The molecule has 0 unspecified atom stereocenters. The first kappa shape index (κ1) is 33.5. The van der Waals surface area contributed by atoms with Gasteiger partial charge >= 0.3 is 0 Å². The lowest BCUT2D eigenvalue weighted by molar-refractivity contribution is -0.125. The van der Waals surface area contributed by atoms with Crippen molar-refractivity contribution in [2.75, 3.05) is 11.4 Å². The molecule has 0 saturated heterocycles. The minimum Gasteiger partial charge on any atom is -0.457 e. The highest BCUT2D eigenvalue weighted by Crippen LogP contribution is 2.34. The summed E-state index contributed by atoms with van der Waals surface area (Å²) in [6.07, 6.45) is 0.566. The lowest BCUT2D eigenvalue weighted by Crippen LogP contribution is -2.32. The van der Waals surface area contributed by atoms with Crippen LogP contribution in [-0.4, -0.2) is 18.4 Å². The largest absolute Gasteiger partial charge is 0.457 e. The summed E-state index contributed by atoms with van der Waals surface area (Å²) in [5.74, 6) is 2.07. The molecule has 0 spiro atoms. The Morgan fingerprint density at radius 1 is 0.702 bits per heavy atom. The van der Waals surface area contributed by atoms with Crippen molar-refractivity contribution in [1.29, 1.82) is 0 Å². The SMILES string of the molecule is NCc1cccc(Oc2ccccc2N(Cc2ccc(Oc3ccccc3)cc2)C(=O)CCC(=O)NCCc2ccc(Cl)cc2Cl)c1. The van der Waals surface area contributed by atoms with E-state index >= 15 is 0 Å². The van der Waals surface area contributed by atoms with Gasteiger partial charge in [-0.2, -0.15) is 0 Å². The van der Waals surface area contributed by atoms with E-state index in [4.69, 9.17) is 38.4 Å². The maximum absolute atomic E-state index is 13.9. The summed E-state index contributed by atoms with van der Waals surface area (Å²) in [6.45, 7) is 1.01. The minimum absolute atomic E-state index is 0.000269. The number of halogens is 2. The molecule has 0 saturated carbocycles. The zero-order chi connectivity index (χ0) is 33.0. The number of hydrogen-bond donors (Lipinski definition) is 2. The molecule has 0 bridgehead atoms. The number of benzene rings is 5. The third kappa shape index (κ3) is 9.83. The fourth-order valence-corrected chi connectivity index (χ4v) is 5.41. The van der Waals surface area contributed by atoms with Gasteiger partial charge in [-0.3, -0.25) is 9.59 Å². The number of ether oxygens (including phenoxy) is 2. The van der Waals surface area contributed by atoms with Crippen LogP contribution in [-0.2, 0) is 29.1 Å². The molecule has 0 aromatic heterocycles. The highest BCUT2D eigenvalue weighted by atomic mass is 35.5. The summed E-state index contributed by atoms with van der Waals surface area (Å²) in [5.41, 5.74) is 9.11. The van der Waals surface area contributed by atoms with Crippen molar-refractivity contribution in [2.45, 2.75) is 32.4 Å². The van der Waals surface area contributed by atoms with E-state index in [2.05, 4.69) is 5.32 Å². The summed E-state index contributed by atoms with van der Waals surface area (Å²) in [5, 5.41) is 3.99. The maximum Gasteiger partial charge on any atom is 0.227 e. The van der Waals surface area contributed by atoms with Crippen molar-refractivity contribution in [2.24, 2.45) is 5.73 Å². The van der Waals surface area contributed by atoms with Crippen molar-refractivity contribution < 1.29 is 19.1 Å². The van der Waals surface area contributed by atoms with Crippen LogP contribution in [0.1, 0.15) is 29.5 Å². The van der Waals surface area contributed by atoms with E-state index < -0.39 is 0 Å². The van der Waals surface area contributed by atoms with Gasteiger partial charge in [-0.1, -0.05) is 83.9 Å². The van der Waals surface area contributed by atoms with Crippen molar-refractivity contribution in [3.8, 4) is 23.0 Å². The van der Waals surface area contributed by atoms with E-state index in [-0.39, 0.29) is 31.2 Å². The molecule has 9 heteroatoms. The van der Waals surface area contributed by atoms with Crippen LogP contribution in [0.3, 0.4) is 0 Å². The Morgan fingerprint density at radius 3 is 2.19 bits per heavy atom. The summed E-state index contributed by atoms with van der Waals surface area (Å²) >= 11 is 12.2. The predicted octanol–water partition coefficient (Wildman–Crippen LogP) is 8.71. The van der Waals surface area contributed by atoms with E-state index in [1.165, 1.54) is 0 Å². The van der Waals surface area contributed by atoms with Gasteiger partial charge in [0.1, 0.15) is 17.2 Å². The topological polar surface area (TPSA) is 93.9 Å². The molecule has 3 N–H and O–H groups in total. The summed E-state index contributed by atoms with van der Waals surface area (Å²) < 4.78 is 12.2. The zero-order valence-electron chi connectivity index (χ0n) is 25.7.